The molecule has 17 heavy (non-hydrogen) atoms. The first-order valence-electron chi connectivity index (χ1n) is 4.93. The fraction of sp³-hybridized carbons (Fsp3) is 0.200. The van der Waals surface area contributed by atoms with E-state index in [1.807, 2.05) is 6.07 Å². The predicted octanol–water partition coefficient (Wildman–Crippen LogP) is 3.59. The van der Waals surface area contributed by atoms with E-state index in [1.54, 1.807) is 23.9 Å². The SMILES string of the molecule is Clc1ccc(N=c2snc3n2CCS3)c(Cl)c1. The van der Waals surface area contributed by atoms with E-state index in [9.17, 15) is 0 Å². The minimum Gasteiger partial charge on any atom is -0.294 e. The number of hydrogen-bond donors (Lipinski definition) is 0. The van der Waals surface area contributed by atoms with Crippen molar-refractivity contribution in [3.8, 4) is 0 Å². The summed E-state index contributed by atoms with van der Waals surface area (Å²) >= 11 is 15.1. The predicted molar refractivity (Wildman–Crippen MR) is 72.5 cm³/mol. The van der Waals surface area contributed by atoms with Crippen LogP contribution in [0.3, 0.4) is 0 Å². The van der Waals surface area contributed by atoms with Crippen LogP contribution in [0.4, 0.5) is 5.69 Å². The second-order valence-corrected chi connectivity index (χ2v) is 6.09. The van der Waals surface area contributed by atoms with Crippen molar-refractivity contribution >= 4 is 52.2 Å². The number of fused-ring (bicyclic) bond motifs is 1. The van der Waals surface area contributed by atoms with Crippen LogP contribution in [-0.4, -0.2) is 14.7 Å². The molecule has 3 nitrogen and oxygen atoms in total. The van der Waals surface area contributed by atoms with E-state index >= 15 is 0 Å². The van der Waals surface area contributed by atoms with Crippen molar-refractivity contribution in [3.63, 3.8) is 0 Å². The molecule has 0 spiro atoms. The van der Waals surface area contributed by atoms with Crippen LogP contribution in [0.15, 0.2) is 28.3 Å². The summed E-state index contributed by atoms with van der Waals surface area (Å²) in [6.45, 7) is 0.959. The topological polar surface area (TPSA) is 30.2 Å². The summed E-state index contributed by atoms with van der Waals surface area (Å²) in [6, 6.07) is 5.30. The number of benzene rings is 1. The van der Waals surface area contributed by atoms with Gasteiger partial charge in [0.2, 0.25) is 4.80 Å². The van der Waals surface area contributed by atoms with E-state index in [2.05, 4.69) is 13.9 Å². The minimum atomic E-state index is 0.561. The van der Waals surface area contributed by atoms with E-state index in [4.69, 9.17) is 23.2 Å². The molecule has 0 fully saturated rings. The normalized spacial score (nSPS) is 15.3. The highest BCUT2D eigenvalue weighted by Crippen LogP contribution is 2.28. The molecule has 0 N–H and O–H groups in total. The number of thioether (sulfide) groups is 1. The smallest absolute Gasteiger partial charge is 0.210 e. The summed E-state index contributed by atoms with van der Waals surface area (Å²) in [6.07, 6.45) is 0. The first-order chi connectivity index (χ1) is 8.24. The Morgan fingerprint density at radius 3 is 3.06 bits per heavy atom. The molecule has 1 aromatic heterocycles. The van der Waals surface area contributed by atoms with Gasteiger partial charge in [-0.2, -0.15) is 4.37 Å². The molecule has 88 valence electrons. The Hall–Kier alpha value is -0.490. The van der Waals surface area contributed by atoms with Gasteiger partial charge in [-0.15, -0.1) is 0 Å². The van der Waals surface area contributed by atoms with Gasteiger partial charge in [-0.05, 0) is 18.2 Å². The van der Waals surface area contributed by atoms with Gasteiger partial charge in [0.1, 0.15) is 0 Å². The van der Waals surface area contributed by atoms with Crippen LogP contribution in [0.1, 0.15) is 0 Å². The molecular weight excluding hydrogens is 297 g/mol. The fourth-order valence-electron chi connectivity index (χ4n) is 1.54. The van der Waals surface area contributed by atoms with Gasteiger partial charge in [0.05, 0.1) is 10.7 Å². The maximum atomic E-state index is 6.09. The van der Waals surface area contributed by atoms with Crippen LogP contribution >= 0.6 is 46.5 Å². The van der Waals surface area contributed by atoms with Gasteiger partial charge in [-0.3, -0.25) is 4.57 Å². The van der Waals surface area contributed by atoms with Crippen molar-refractivity contribution in [1.29, 1.82) is 0 Å². The molecule has 1 aromatic carbocycles. The van der Waals surface area contributed by atoms with E-state index in [-0.39, 0.29) is 0 Å². The molecule has 0 aliphatic carbocycles. The fourth-order valence-corrected chi connectivity index (χ4v) is 3.83. The lowest BCUT2D eigenvalue weighted by molar-refractivity contribution is 0.688. The maximum absolute atomic E-state index is 6.09. The van der Waals surface area contributed by atoms with Gasteiger partial charge < -0.3 is 0 Å². The molecule has 0 radical (unpaired) electrons. The molecule has 1 aliphatic rings. The third-order valence-electron chi connectivity index (χ3n) is 2.34. The van der Waals surface area contributed by atoms with Crippen LogP contribution in [0.5, 0.6) is 0 Å². The highest BCUT2D eigenvalue weighted by molar-refractivity contribution is 7.99. The molecule has 0 saturated carbocycles. The molecule has 2 heterocycles. The van der Waals surface area contributed by atoms with Crippen LogP contribution in [0.2, 0.25) is 10.0 Å². The quantitative estimate of drug-likeness (QED) is 0.806. The highest BCUT2D eigenvalue weighted by Gasteiger charge is 2.14. The minimum absolute atomic E-state index is 0.561. The van der Waals surface area contributed by atoms with Crippen molar-refractivity contribution < 1.29 is 0 Å². The van der Waals surface area contributed by atoms with Gasteiger partial charge in [0.15, 0.2) is 5.16 Å². The van der Waals surface area contributed by atoms with Gasteiger partial charge in [0.25, 0.3) is 0 Å². The number of nitrogens with zero attached hydrogens (tertiary/aromatic N) is 3. The van der Waals surface area contributed by atoms with Crippen molar-refractivity contribution in [2.75, 3.05) is 5.75 Å². The summed E-state index contributed by atoms with van der Waals surface area (Å²) in [5, 5.41) is 2.22. The van der Waals surface area contributed by atoms with Gasteiger partial charge in [-0.1, -0.05) is 35.0 Å². The van der Waals surface area contributed by atoms with Crippen LogP contribution in [0.25, 0.3) is 0 Å². The maximum Gasteiger partial charge on any atom is 0.210 e. The summed E-state index contributed by atoms with van der Waals surface area (Å²) in [4.78, 5) is 5.41. The second-order valence-electron chi connectivity index (χ2n) is 3.46. The molecule has 2 aromatic rings. The monoisotopic (exact) mass is 303 g/mol. The summed E-state index contributed by atoms with van der Waals surface area (Å²) < 4.78 is 6.46. The van der Waals surface area contributed by atoms with Crippen molar-refractivity contribution in [3.05, 3.63) is 33.0 Å². The average molecular weight is 304 g/mol. The lowest BCUT2D eigenvalue weighted by Crippen LogP contribution is -2.12. The molecule has 1 aliphatic heterocycles. The molecule has 0 unspecified atom stereocenters. The van der Waals surface area contributed by atoms with Crippen molar-refractivity contribution in [2.45, 2.75) is 11.7 Å². The number of aromatic nitrogens is 2. The van der Waals surface area contributed by atoms with Gasteiger partial charge in [-0.25, -0.2) is 4.99 Å². The van der Waals surface area contributed by atoms with Crippen LogP contribution in [-0.2, 0) is 6.54 Å². The largest absolute Gasteiger partial charge is 0.294 e. The Morgan fingerprint density at radius 2 is 2.24 bits per heavy atom. The zero-order valence-corrected chi connectivity index (χ0v) is 11.7. The molecular formula is C10H7Cl2N3S2. The van der Waals surface area contributed by atoms with E-state index in [0.717, 1.165) is 27.9 Å². The highest BCUT2D eigenvalue weighted by atomic mass is 35.5. The first-order valence-corrected chi connectivity index (χ1v) is 7.44. The van der Waals surface area contributed by atoms with Crippen LogP contribution < -0.4 is 4.80 Å². The Bertz CT molecular complexity index is 633. The van der Waals surface area contributed by atoms with Gasteiger partial charge in [0, 0.05) is 28.9 Å². The molecule has 3 rings (SSSR count). The van der Waals surface area contributed by atoms with Crippen LogP contribution in [0, 0.1) is 0 Å². The van der Waals surface area contributed by atoms with E-state index in [1.165, 1.54) is 11.5 Å². The second kappa shape index (κ2) is 4.65. The lowest BCUT2D eigenvalue weighted by Gasteiger charge is -1.98. The van der Waals surface area contributed by atoms with Crippen molar-refractivity contribution in [1.82, 2.24) is 8.94 Å². The average Bonchev–Trinajstić information content (AvgIpc) is 2.86. The molecule has 7 heteroatoms. The van der Waals surface area contributed by atoms with Gasteiger partial charge >= 0.3 is 0 Å². The zero-order valence-electron chi connectivity index (χ0n) is 8.56. The Labute approximate surface area is 116 Å². The molecule has 0 atom stereocenters. The van der Waals surface area contributed by atoms with Crippen molar-refractivity contribution in [2.24, 2.45) is 4.99 Å². The third kappa shape index (κ3) is 2.25. The summed E-state index contributed by atoms with van der Waals surface area (Å²) in [5.41, 5.74) is 0.729. The Morgan fingerprint density at radius 1 is 1.35 bits per heavy atom. The standard InChI is InChI=1S/C10H7Cl2N3S2/c11-6-1-2-8(7(12)5-6)13-9-15-3-4-16-10(15)14-17-9/h1-2,5H,3-4H2. The molecule has 0 amide bonds. The lowest BCUT2D eigenvalue weighted by atomic mass is 10.3. The van der Waals surface area contributed by atoms with E-state index < -0.39 is 0 Å². The zero-order chi connectivity index (χ0) is 11.8. The van der Waals surface area contributed by atoms with E-state index in [0.29, 0.717) is 10.0 Å². The third-order valence-corrected chi connectivity index (χ3v) is 4.69. The number of halogens is 2. The Kier molecular flexibility index (Phi) is 3.17. The molecule has 0 saturated heterocycles. The Balaban J connectivity index is 2.11. The summed E-state index contributed by atoms with van der Waals surface area (Å²) in [7, 11) is 0. The summed E-state index contributed by atoms with van der Waals surface area (Å²) in [5.74, 6) is 1.06. The number of rotatable bonds is 1. The first kappa shape index (κ1) is 11.6. The number of hydrogen-bond acceptors (Lipinski definition) is 4. The molecule has 0 bridgehead atoms.